The first-order valence-electron chi connectivity index (χ1n) is 4.11. The van der Waals surface area contributed by atoms with Crippen LogP contribution in [0, 0.1) is 16.7 Å². The van der Waals surface area contributed by atoms with Gasteiger partial charge in [-0.2, -0.15) is 10.4 Å². The highest BCUT2D eigenvalue weighted by atomic mass is 79.9. The maximum atomic E-state index is 8.62. The van der Waals surface area contributed by atoms with Crippen molar-refractivity contribution in [3.63, 3.8) is 0 Å². The third-order valence-corrected chi connectivity index (χ3v) is 2.47. The molecule has 0 amide bonds. The van der Waals surface area contributed by atoms with Crippen LogP contribution in [0.5, 0.6) is 0 Å². The molecule has 0 aliphatic heterocycles. The average molecular weight is 298 g/mol. The van der Waals surface area contributed by atoms with Gasteiger partial charge in [0, 0.05) is 9.37 Å². The van der Waals surface area contributed by atoms with Gasteiger partial charge < -0.3 is 5.73 Å². The highest BCUT2D eigenvalue weighted by molar-refractivity contribution is 9.10. The van der Waals surface area contributed by atoms with Gasteiger partial charge in [0.15, 0.2) is 5.84 Å². The molecule has 0 aromatic heterocycles. The quantitative estimate of drug-likeness (QED) is 0.297. The number of halogens is 1. The summed E-state index contributed by atoms with van der Waals surface area (Å²) in [7, 11) is 0. The number of nitrogens with two attached hydrogens (primary N) is 1. The number of hydrogen-bond acceptors (Lipinski definition) is 5. The average Bonchev–Trinajstić information content (AvgIpc) is 2.21. The van der Waals surface area contributed by atoms with Gasteiger partial charge in [-0.05, 0) is 18.2 Å². The third kappa shape index (κ3) is 3.25. The topological polar surface area (TPSA) is 98.0 Å². The lowest BCUT2D eigenvalue weighted by Gasteiger charge is -2.04. The Kier molecular flexibility index (Phi) is 4.34. The van der Waals surface area contributed by atoms with E-state index < -0.39 is 0 Å². The van der Waals surface area contributed by atoms with E-state index in [0.29, 0.717) is 10.6 Å². The molecule has 0 heterocycles. The maximum Gasteiger partial charge on any atom is 0.201 e. The van der Waals surface area contributed by atoms with E-state index in [1.807, 2.05) is 0 Å². The Morgan fingerprint density at radius 2 is 2.31 bits per heavy atom. The van der Waals surface area contributed by atoms with Crippen LogP contribution >= 0.6 is 28.6 Å². The summed E-state index contributed by atoms with van der Waals surface area (Å²) in [4.78, 5) is 0.666. The van der Waals surface area contributed by atoms with Crippen molar-refractivity contribution < 1.29 is 0 Å². The van der Waals surface area contributed by atoms with Crippen molar-refractivity contribution in [2.75, 3.05) is 5.43 Å². The predicted octanol–water partition coefficient (Wildman–Crippen LogP) is 1.97. The molecule has 7 heteroatoms. The van der Waals surface area contributed by atoms with Crippen molar-refractivity contribution in [2.24, 2.45) is 10.8 Å². The van der Waals surface area contributed by atoms with Gasteiger partial charge in [0.05, 0.1) is 5.69 Å². The number of hydrazone groups is 1. The predicted molar refractivity (Wildman–Crippen MR) is 70.0 cm³/mol. The molecule has 0 atom stereocenters. The third-order valence-electron chi connectivity index (χ3n) is 1.61. The van der Waals surface area contributed by atoms with E-state index in [-0.39, 0.29) is 11.5 Å². The van der Waals surface area contributed by atoms with Crippen LogP contribution in [0.1, 0.15) is 0 Å². The van der Waals surface area contributed by atoms with E-state index in [2.05, 4.69) is 39.1 Å². The summed E-state index contributed by atoms with van der Waals surface area (Å²) in [5, 5.41) is 19.4. The number of rotatable bonds is 3. The monoisotopic (exact) mass is 297 g/mol. The Hall–Kier alpha value is -1.52. The van der Waals surface area contributed by atoms with Crippen LogP contribution in [0.3, 0.4) is 0 Å². The normalized spacial score (nSPS) is 10.7. The molecule has 4 N–H and O–H groups in total. The minimum atomic E-state index is -0.382. The Morgan fingerprint density at radius 3 is 2.81 bits per heavy atom. The molecule has 0 saturated heterocycles. The summed E-state index contributed by atoms with van der Waals surface area (Å²) in [6, 6.07) is 7.03. The molecule has 0 aliphatic carbocycles. The number of nitrogens with zero attached hydrogens (tertiary/aromatic N) is 2. The fourth-order valence-corrected chi connectivity index (χ4v) is 1.66. The summed E-state index contributed by atoms with van der Waals surface area (Å²) in [6.45, 7) is 0. The van der Waals surface area contributed by atoms with Crippen molar-refractivity contribution in [3.05, 3.63) is 22.7 Å². The van der Waals surface area contributed by atoms with E-state index >= 15 is 0 Å². The second-order valence-corrected chi connectivity index (χ2v) is 4.16. The molecule has 0 aliphatic rings. The zero-order valence-electron chi connectivity index (χ0n) is 8.03. The zero-order chi connectivity index (χ0) is 12.1. The largest absolute Gasteiger partial charge is 0.382 e. The first-order chi connectivity index (χ1) is 7.54. The Bertz CT molecular complexity index is 491. The van der Waals surface area contributed by atoms with Crippen LogP contribution in [0.2, 0.25) is 0 Å². The summed E-state index contributed by atoms with van der Waals surface area (Å²) < 4.78 is 0.888. The maximum absolute atomic E-state index is 8.62. The SMILES string of the molecule is N#C/C(=N\Nc1ccc(Br)cc1S)C(=N)N. The number of hydrogen-bond donors (Lipinski definition) is 4. The molecular weight excluding hydrogens is 290 g/mol. The van der Waals surface area contributed by atoms with Crippen LogP contribution in [0.4, 0.5) is 5.69 Å². The minimum absolute atomic E-state index is 0.171. The van der Waals surface area contributed by atoms with Crippen LogP contribution < -0.4 is 11.2 Å². The molecule has 0 unspecified atom stereocenters. The fourth-order valence-electron chi connectivity index (χ4n) is 0.861. The number of benzene rings is 1. The fraction of sp³-hybridized carbons (Fsp3) is 0. The number of amidine groups is 1. The number of anilines is 1. The smallest absolute Gasteiger partial charge is 0.201 e. The first-order valence-corrected chi connectivity index (χ1v) is 5.35. The van der Waals surface area contributed by atoms with Gasteiger partial charge in [-0.25, -0.2) is 0 Å². The van der Waals surface area contributed by atoms with Gasteiger partial charge >= 0.3 is 0 Å². The number of nitrogens with one attached hydrogen (secondary N) is 2. The van der Waals surface area contributed by atoms with Crippen molar-refractivity contribution in [2.45, 2.75) is 4.90 Å². The Balaban J connectivity index is 2.90. The summed E-state index contributed by atoms with van der Waals surface area (Å²) >= 11 is 7.52. The second-order valence-electron chi connectivity index (χ2n) is 2.76. The Labute approximate surface area is 106 Å². The molecular formula is C9H8BrN5S. The number of thiol groups is 1. The molecule has 0 saturated carbocycles. The first kappa shape index (κ1) is 12.5. The lowest BCUT2D eigenvalue weighted by atomic mass is 10.3. The van der Waals surface area contributed by atoms with E-state index in [1.165, 1.54) is 0 Å². The molecule has 0 radical (unpaired) electrons. The van der Waals surface area contributed by atoms with Crippen LogP contribution in [0.15, 0.2) is 32.7 Å². The van der Waals surface area contributed by atoms with Crippen molar-refractivity contribution >= 4 is 45.8 Å². The Morgan fingerprint density at radius 1 is 1.62 bits per heavy atom. The molecule has 1 rings (SSSR count). The second kappa shape index (κ2) is 5.53. The van der Waals surface area contributed by atoms with E-state index in [0.717, 1.165) is 4.47 Å². The van der Waals surface area contributed by atoms with Gasteiger partial charge in [0.2, 0.25) is 5.71 Å². The molecule has 5 nitrogen and oxygen atoms in total. The molecule has 1 aromatic carbocycles. The van der Waals surface area contributed by atoms with E-state index in [4.69, 9.17) is 16.4 Å². The minimum Gasteiger partial charge on any atom is -0.382 e. The van der Waals surface area contributed by atoms with E-state index in [9.17, 15) is 0 Å². The van der Waals surface area contributed by atoms with Gasteiger partial charge in [-0.1, -0.05) is 15.9 Å². The van der Waals surface area contributed by atoms with Gasteiger partial charge in [0.25, 0.3) is 0 Å². The molecule has 82 valence electrons. The lowest BCUT2D eigenvalue weighted by molar-refractivity contribution is 1.28. The van der Waals surface area contributed by atoms with E-state index in [1.54, 1.807) is 24.3 Å². The molecule has 0 bridgehead atoms. The summed E-state index contributed by atoms with van der Waals surface area (Å²) in [5.41, 5.74) is 8.21. The highest BCUT2D eigenvalue weighted by Gasteiger charge is 2.02. The van der Waals surface area contributed by atoms with Gasteiger partial charge in [-0.3, -0.25) is 10.8 Å². The standard InChI is InChI=1S/C9H8BrN5S/c10-5-1-2-6(8(16)3-5)14-15-7(4-11)9(12)13/h1-3,14,16H,(H3,12,13)/b15-7+. The van der Waals surface area contributed by atoms with Crippen molar-refractivity contribution in [1.82, 2.24) is 0 Å². The summed E-state index contributed by atoms with van der Waals surface area (Å²) in [5.74, 6) is -0.382. The van der Waals surface area contributed by atoms with Gasteiger partial charge in [0.1, 0.15) is 6.07 Å². The highest BCUT2D eigenvalue weighted by Crippen LogP contribution is 2.23. The van der Waals surface area contributed by atoms with Crippen molar-refractivity contribution in [1.29, 1.82) is 10.7 Å². The molecule has 0 fully saturated rings. The molecule has 16 heavy (non-hydrogen) atoms. The molecule has 0 spiro atoms. The zero-order valence-corrected chi connectivity index (χ0v) is 10.5. The van der Waals surface area contributed by atoms with Gasteiger partial charge in [-0.15, -0.1) is 12.6 Å². The van der Waals surface area contributed by atoms with Crippen LogP contribution in [-0.4, -0.2) is 11.5 Å². The van der Waals surface area contributed by atoms with Crippen LogP contribution in [-0.2, 0) is 0 Å². The van der Waals surface area contributed by atoms with Crippen molar-refractivity contribution in [3.8, 4) is 6.07 Å². The molecule has 1 aromatic rings. The lowest BCUT2D eigenvalue weighted by Crippen LogP contribution is -2.21. The summed E-state index contributed by atoms with van der Waals surface area (Å²) in [6.07, 6.45) is 0. The van der Waals surface area contributed by atoms with Crippen LogP contribution in [0.25, 0.3) is 0 Å². The number of nitriles is 1.